The van der Waals surface area contributed by atoms with Crippen LogP contribution in [0.15, 0.2) is 36.4 Å². The highest BCUT2D eigenvalue weighted by molar-refractivity contribution is 5.78. The van der Waals surface area contributed by atoms with Crippen molar-refractivity contribution >= 4 is 11.0 Å². The molecule has 1 heterocycles. The van der Waals surface area contributed by atoms with E-state index >= 15 is 0 Å². The Balaban J connectivity index is 2.18. The molecule has 6 nitrogen and oxygen atoms in total. The number of methoxy groups -OCH3 is 2. The lowest BCUT2D eigenvalue weighted by Gasteiger charge is -2.07. The van der Waals surface area contributed by atoms with Gasteiger partial charge in [-0.25, -0.2) is 4.68 Å². The number of ether oxygens (including phenoxy) is 2. The molecular weight excluding hydrogens is 258 g/mol. The van der Waals surface area contributed by atoms with Crippen LogP contribution < -0.4 is 9.47 Å². The number of aromatic hydroxyl groups is 1. The zero-order valence-electron chi connectivity index (χ0n) is 11.1. The van der Waals surface area contributed by atoms with Crippen LogP contribution in [0, 0.1) is 0 Å². The molecule has 0 bridgehead atoms. The number of phenolic OH excluding ortho intramolecular Hbond substituents is 1. The molecule has 20 heavy (non-hydrogen) atoms. The first kappa shape index (κ1) is 12.3. The molecule has 0 spiro atoms. The van der Waals surface area contributed by atoms with Gasteiger partial charge in [-0.05, 0) is 24.3 Å². The summed E-state index contributed by atoms with van der Waals surface area (Å²) < 4.78 is 12.0. The largest absolute Gasteiger partial charge is 0.504 e. The summed E-state index contributed by atoms with van der Waals surface area (Å²) in [6.45, 7) is 0. The van der Waals surface area contributed by atoms with Crippen molar-refractivity contribution in [2.75, 3.05) is 14.2 Å². The van der Waals surface area contributed by atoms with Crippen LogP contribution in [0.4, 0.5) is 0 Å². The van der Waals surface area contributed by atoms with E-state index in [9.17, 15) is 5.11 Å². The van der Waals surface area contributed by atoms with E-state index in [1.807, 2.05) is 18.2 Å². The lowest BCUT2D eigenvalue weighted by Crippen LogP contribution is -1.97. The van der Waals surface area contributed by atoms with Crippen LogP contribution >= 0.6 is 0 Å². The lowest BCUT2D eigenvalue weighted by molar-refractivity contribution is 0.373. The molecule has 3 aromatic rings. The van der Waals surface area contributed by atoms with Gasteiger partial charge < -0.3 is 14.6 Å². The average molecular weight is 271 g/mol. The van der Waals surface area contributed by atoms with Gasteiger partial charge in [0.1, 0.15) is 11.3 Å². The second-order valence-electron chi connectivity index (χ2n) is 4.21. The number of aromatic nitrogens is 3. The second-order valence-corrected chi connectivity index (χ2v) is 4.21. The first-order chi connectivity index (χ1) is 9.72. The van der Waals surface area contributed by atoms with Crippen LogP contribution in [0.25, 0.3) is 16.7 Å². The molecule has 1 N–H and O–H groups in total. The zero-order chi connectivity index (χ0) is 14.1. The SMILES string of the molecule is COc1ccc2nnn(-c3ccc(O)c(OC)c3)c2c1. The lowest BCUT2D eigenvalue weighted by atomic mass is 10.2. The Labute approximate surface area is 115 Å². The highest BCUT2D eigenvalue weighted by Gasteiger charge is 2.10. The van der Waals surface area contributed by atoms with E-state index in [2.05, 4.69) is 10.3 Å². The quantitative estimate of drug-likeness (QED) is 0.790. The van der Waals surface area contributed by atoms with E-state index in [1.54, 1.807) is 30.0 Å². The van der Waals surface area contributed by atoms with Gasteiger partial charge >= 0.3 is 0 Å². The molecule has 0 aliphatic heterocycles. The second kappa shape index (κ2) is 4.73. The number of nitrogens with zero attached hydrogens (tertiary/aromatic N) is 3. The van der Waals surface area contributed by atoms with E-state index in [0.717, 1.165) is 22.5 Å². The number of benzene rings is 2. The fraction of sp³-hybridized carbons (Fsp3) is 0.143. The molecular formula is C14H13N3O3. The van der Waals surface area contributed by atoms with Gasteiger partial charge in [0, 0.05) is 12.1 Å². The molecule has 0 radical (unpaired) electrons. The Morgan fingerprint density at radius 2 is 1.90 bits per heavy atom. The van der Waals surface area contributed by atoms with Crippen molar-refractivity contribution in [2.24, 2.45) is 0 Å². The minimum atomic E-state index is 0.0817. The maximum Gasteiger partial charge on any atom is 0.162 e. The van der Waals surface area contributed by atoms with E-state index in [-0.39, 0.29) is 5.75 Å². The Morgan fingerprint density at radius 1 is 1.05 bits per heavy atom. The highest BCUT2D eigenvalue weighted by atomic mass is 16.5. The third-order valence-electron chi connectivity index (χ3n) is 3.06. The molecule has 0 saturated heterocycles. The summed E-state index contributed by atoms with van der Waals surface area (Å²) in [4.78, 5) is 0. The van der Waals surface area contributed by atoms with Gasteiger partial charge in [-0.15, -0.1) is 5.10 Å². The van der Waals surface area contributed by atoms with Crippen LogP contribution in [0.5, 0.6) is 17.2 Å². The zero-order valence-corrected chi connectivity index (χ0v) is 11.1. The third-order valence-corrected chi connectivity index (χ3v) is 3.06. The molecule has 6 heteroatoms. The van der Waals surface area contributed by atoms with Gasteiger partial charge in [-0.3, -0.25) is 0 Å². The Kier molecular flexibility index (Phi) is 2.90. The molecule has 0 aliphatic carbocycles. The number of fused-ring (bicyclic) bond motifs is 1. The molecule has 3 rings (SSSR count). The highest BCUT2D eigenvalue weighted by Crippen LogP contribution is 2.29. The summed E-state index contributed by atoms with van der Waals surface area (Å²) in [6.07, 6.45) is 0. The van der Waals surface area contributed by atoms with E-state index in [0.29, 0.717) is 5.75 Å². The van der Waals surface area contributed by atoms with Crippen LogP contribution in [0.1, 0.15) is 0 Å². The standard InChI is InChI=1S/C14H13N3O3/c1-19-10-4-5-11-12(8-10)17(16-15-11)9-3-6-13(18)14(7-9)20-2/h3-8,18H,1-2H3. The topological polar surface area (TPSA) is 69.4 Å². The first-order valence-electron chi connectivity index (χ1n) is 6.00. The monoisotopic (exact) mass is 271 g/mol. The normalized spacial score (nSPS) is 10.7. The number of hydrogen-bond acceptors (Lipinski definition) is 5. The molecule has 0 atom stereocenters. The predicted molar refractivity (Wildman–Crippen MR) is 73.6 cm³/mol. The van der Waals surface area contributed by atoms with Crippen molar-refractivity contribution in [3.05, 3.63) is 36.4 Å². The predicted octanol–water partition coefficient (Wildman–Crippen LogP) is 2.14. The maximum absolute atomic E-state index is 9.64. The Hall–Kier alpha value is -2.76. The minimum Gasteiger partial charge on any atom is -0.504 e. The summed E-state index contributed by atoms with van der Waals surface area (Å²) in [6, 6.07) is 10.5. The average Bonchev–Trinajstić information content (AvgIpc) is 2.90. The van der Waals surface area contributed by atoms with Gasteiger partial charge in [-0.1, -0.05) is 5.21 Å². The van der Waals surface area contributed by atoms with Crippen molar-refractivity contribution in [1.82, 2.24) is 15.0 Å². The van der Waals surface area contributed by atoms with Gasteiger partial charge in [0.15, 0.2) is 11.5 Å². The van der Waals surface area contributed by atoms with E-state index in [4.69, 9.17) is 9.47 Å². The van der Waals surface area contributed by atoms with E-state index in [1.165, 1.54) is 7.11 Å². The number of phenols is 1. The molecule has 0 aliphatic rings. The van der Waals surface area contributed by atoms with Crippen molar-refractivity contribution in [2.45, 2.75) is 0 Å². The third kappa shape index (κ3) is 1.91. The smallest absolute Gasteiger partial charge is 0.162 e. The minimum absolute atomic E-state index is 0.0817. The Morgan fingerprint density at radius 3 is 2.65 bits per heavy atom. The maximum atomic E-state index is 9.64. The van der Waals surface area contributed by atoms with Crippen LogP contribution in [0.3, 0.4) is 0 Å². The van der Waals surface area contributed by atoms with Gasteiger partial charge in [-0.2, -0.15) is 0 Å². The van der Waals surface area contributed by atoms with Gasteiger partial charge in [0.25, 0.3) is 0 Å². The summed E-state index contributed by atoms with van der Waals surface area (Å²) in [5.74, 6) is 1.19. The molecule has 0 fully saturated rings. The number of hydrogen-bond donors (Lipinski definition) is 1. The molecule has 0 unspecified atom stereocenters. The summed E-state index contributed by atoms with van der Waals surface area (Å²) in [5, 5.41) is 17.9. The summed E-state index contributed by atoms with van der Waals surface area (Å²) in [5.41, 5.74) is 2.32. The van der Waals surface area contributed by atoms with Crippen molar-refractivity contribution in [3.8, 4) is 22.9 Å². The molecule has 1 aromatic heterocycles. The Bertz CT molecular complexity index is 767. The van der Waals surface area contributed by atoms with E-state index < -0.39 is 0 Å². The van der Waals surface area contributed by atoms with Crippen molar-refractivity contribution in [3.63, 3.8) is 0 Å². The van der Waals surface area contributed by atoms with Crippen LogP contribution in [-0.2, 0) is 0 Å². The fourth-order valence-electron chi connectivity index (χ4n) is 2.01. The fourth-order valence-corrected chi connectivity index (χ4v) is 2.01. The number of rotatable bonds is 3. The van der Waals surface area contributed by atoms with Crippen molar-refractivity contribution < 1.29 is 14.6 Å². The van der Waals surface area contributed by atoms with Gasteiger partial charge in [0.2, 0.25) is 0 Å². The van der Waals surface area contributed by atoms with Crippen LogP contribution in [0.2, 0.25) is 0 Å². The molecule has 0 amide bonds. The van der Waals surface area contributed by atoms with Crippen LogP contribution in [-0.4, -0.2) is 34.3 Å². The van der Waals surface area contributed by atoms with Crippen molar-refractivity contribution in [1.29, 1.82) is 0 Å². The molecule has 2 aromatic carbocycles. The summed E-state index contributed by atoms with van der Waals surface area (Å²) >= 11 is 0. The van der Waals surface area contributed by atoms with Gasteiger partial charge in [0.05, 0.1) is 25.4 Å². The molecule has 0 saturated carbocycles. The molecule has 102 valence electrons. The summed E-state index contributed by atoms with van der Waals surface area (Å²) in [7, 11) is 3.11. The first-order valence-corrected chi connectivity index (χ1v) is 6.00.